The van der Waals surface area contributed by atoms with Gasteiger partial charge in [-0.05, 0) is 49.4 Å². The van der Waals surface area contributed by atoms with Crippen LogP contribution in [-0.2, 0) is 11.3 Å². The second-order valence-corrected chi connectivity index (χ2v) is 6.58. The molecular weight excluding hydrogens is 345 g/mol. The molecule has 0 aromatic heterocycles. The van der Waals surface area contributed by atoms with E-state index in [0.717, 1.165) is 22.6 Å². The molecule has 1 aliphatic heterocycles. The van der Waals surface area contributed by atoms with Crippen LogP contribution in [0.2, 0.25) is 0 Å². The number of amides is 1. The van der Waals surface area contributed by atoms with Crippen molar-refractivity contribution in [1.29, 1.82) is 0 Å². The van der Waals surface area contributed by atoms with Crippen LogP contribution in [0.3, 0.4) is 0 Å². The standard InChI is InChI=1S/C21H24FN3O2/c1-3-27-19-10-4-16(5-11-19)14-24(2)15-25-21(26)13-12-20(23-25)17-6-8-18(22)9-7-17/h4-11H,3,12-15H2,1-2H3. The first-order valence-corrected chi connectivity index (χ1v) is 9.09. The second kappa shape index (κ2) is 8.77. The molecule has 27 heavy (non-hydrogen) atoms. The van der Waals surface area contributed by atoms with Crippen molar-refractivity contribution in [3.8, 4) is 5.75 Å². The van der Waals surface area contributed by atoms with Crippen LogP contribution in [0.1, 0.15) is 30.9 Å². The van der Waals surface area contributed by atoms with Gasteiger partial charge in [0.2, 0.25) is 5.91 Å². The van der Waals surface area contributed by atoms with Gasteiger partial charge < -0.3 is 4.74 Å². The van der Waals surface area contributed by atoms with Gasteiger partial charge in [0.1, 0.15) is 11.6 Å². The molecule has 0 atom stereocenters. The number of hydrogen-bond acceptors (Lipinski definition) is 4. The van der Waals surface area contributed by atoms with Crippen molar-refractivity contribution >= 4 is 11.6 Å². The van der Waals surface area contributed by atoms with Gasteiger partial charge in [-0.3, -0.25) is 9.69 Å². The third kappa shape index (κ3) is 5.14. The molecule has 5 nitrogen and oxygen atoms in total. The predicted molar refractivity (Wildman–Crippen MR) is 103 cm³/mol. The van der Waals surface area contributed by atoms with Crippen LogP contribution < -0.4 is 4.74 Å². The number of carbonyl (C=O) groups excluding carboxylic acids is 1. The summed E-state index contributed by atoms with van der Waals surface area (Å²) < 4.78 is 18.6. The lowest BCUT2D eigenvalue weighted by atomic mass is 10.0. The second-order valence-electron chi connectivity index (χ2n) is 6.58. The zero-order valence-electron chi connectivity index (χ0n) is 15.7. The Morgan fingerprint density at radius 1 is 1.11 bits per heavy atom. The van der Waals surface area contributed by atoms with Crippen LogP contribution in [0, 0.1) is 5.82 Å². The highest BCUT2D eigenvalue weighted by atomic mass is 19.1. The minimum absolute atomic E-state index is 0.000551. The number of hydrazone groups is 1. The average molecular weight is 369 g/mol. The van der Waals surface area contributed by atoms with Crippen LogP contribution in [0.4, 0.5) is 4.39 Å². The number of halogens is 1. The maximum Gasteiger partial charge on any atom is 0.244 e. The summed E-state index contributed by atoms with van der Waals surface area (Å²) >= 11 is 0. The molecule has 0 unspecified atom stereocenters. The molecule has 6 heteroatoms. The summed E-state index contributed by atoms with van der Waals surface area (Å²) in [5.41, 5.74) is 2.79. The Morgan fingerprint density at radius 3 is 2.48 bits per heavy atom. The monoisotopic (exact) mass is 369 g/mol. The Morgan fingerprint density at radius 2 is 1.81 bits per heavy atom. The summed E-state index contributed by atoms with van der Waals surface area (Å²) in [4.78, 5) is 14.3. The van der Waals surface area contributed by atoms with Crippen LogP contribution in [0.25, 0.3) is 0 Å². The maximum atomic E-state index is 13.1. The summed E-state index contributed by atoms with van der Waals surface area (Å²) in [6.45, 7) is 3.69. The van der Waals surface area contributed by atoms with E-state index in [1.165, 1.54) is 17.1 Å². The SMILES string of the molecule is CCOc1ccc(CN(C)CN2N=C(c3ccc(F)cc3)CCC2=O)cc1. The topological polar surface area (TPSA) is 45.1 Å². The predicted octanol–water partition coefficient (Wildman–Crippen LogP) is 3.64. The number of hydrogen-bond donors (Lipinski definition) is 0. The molecule has 0 spiro atoms. The van der Waals surface area contributed by atoms with Gasteiger partial charge >= 0.3 is 0 Å². The summed E-state index contributed by atoms with van der Waals surface area (Å²) in [5.74, 6) is 0.571. The molecule has 2 aromatic carbocycles. The van der Waals surface area contributed by atoms with Crippen LogP contribution in [0.15, 0.2) is 53.6 Å². The molecule has 1 aliphatic rings. The summed E-state index contributed by atoms with van der Waals surface area (Å²) in [6.07, 6.45) is 0.983. The van der Waals surface area contributed by atoms with Crippen molar-refractivity contribution in [3.05, 3.63) is 65.5 Å². The Kier molecular flexibility index (Phi) is 6.19. The summed E-state index contributed by atoms with van der Waals surface area (Å²) in [7, 11) is 1.95. The first-order chi connectivity index (χ1) is 13.0. The lowest BCUT2D eigenvalue weighted by Gasteiger charge is -2.28. The quantitative estimate of drug-likeness (QED) is 0.749. The van der Waals surface area contributed by atoms with E-state index in [9.17, 15) is 9.18 Å². The molecular formula is C21H24FN3O2. The molecule has 0 saturated heterocycles. The average Bonchev–Trinajstić information content (AvgIpc) is 2.66. The van der Waals surface area contributed by atoms with E-state index in [1.54, 1.807) is 12.1 Å². The first kappa shape index (κ1) is 19.0. The van der Waals surface area contributed by atoms with Crippen molar-refractivity contribution in [2.75, 3.05) is 20.3 Å². The van der Waals surface area contributed by atoms with Gasteiger partial charge in [0, 0.05) is 19.4 Å². The largest absolute Gasteiger partial charge is 0.494 e. The Balaban J connectivity index is 1.64. The number of nitrogens with zero attached hydrogens (tertiary/aromatic N) is 3. The van der Waals surface area contributed by atoms with Gasteiger partial charge in [-0.2, -0.15) is 5.10 Å². The minimum Gasteiger partial charge on any atom is -0.494 e. The number of carbonyl (C=O) groups is 1. The van der Waals surface area contributed by atoms with Crippen molar-refractivity contribution in [3.63, 3.8) is 0 Å². The molecule has 0 aliphatic carbocycles. The first-order valence-electron chi connectivity index (χ1n) is 9.09. The lowest BCUT2D eigenvalue weighted by Crippen LogP contribution is -2.39. The fourth-order valence-corrected chi connectivity index (χ4v) is 3.01. The number of ether oxygens (including phenoxy) is 1. The smallest absolute Gasteiger partial charge is 0.244 e. The Bertz CT molecular complexity index is 803. The van der Waals surface area contributed by atoms with E-state index in [4.69, 9.17) is 4.74 Å². The van der Waals surface area contributed by atoms with Gasteiger partial charge in [0.15, 0.2) is 0 Å². The third-order valence-electron chi connectivity index (χ3n) is 4.34. The van der Waals surface area contributed by atoms with Crippen LogP contribution >= 0.6 is 0 Å². The van der Waals surface area contributed by atoms with E-state index < -0.39 is 0 Å². The Labute approximate surface area is 159 Å². The van der Waals surface area contributed by atoms with E-state index in [0.29, 0.717) is 32.7 Å². The molecule has 0 fully saturated rings. The van der Waals surface area contributed by atoms with Gasteiger partial charge in [-0.1, -0.05) is 24.3 Å². The van der Waals surface area contributed by atoms with Crippen molar-refractivity contribution < 1.29 is 13.9 Å². The molecule has 1 amide bonds. The summed E-state index contributed by atoms with van der Waals surface area (Å²) in [6, 6.07) is 14.2. The highest BCUT2D eigenvalue weighted by Crippen LogP contribution is 2.17. The molecule has 0 radical (unpaired) electrons. The van der Waals surface area contributed by atoms with Crippen molar-refractivity contribution in [1.82, 2.24) is 9.91 Å². The van der Waals surface area contributed by atoms with Gasteiger partial charge in [0.25, 0.3) is 0 Å². The summed E-state index contributed by atoms with van der Waals surface area (Å²) in [5, 5.41) is 6.00. The fraction of sp³-hybridized carbons (Fsp3) is 0.333. The minimum atomic E-state index is -0.279. The van der Waals surface area contributed by atoms with E-state index in [-0.39, 0.29) is 11.7 Å². The van der Waals surface area contributed by atoms with Crippen molar-refractivity contribution in [2.24, 2.45) is 5.10 Å². The van der Waals surface area contributed by atoms with E-state index >= 15 is 0 Å². The molecule has 1 heterocycles. The Hall–Kier alpha value is -2.73. The number of benzene rings is 2. The molecule has 0 saturated carbocycles. The number of rotatable bonds is 7. The van der Waals surface area contributed by atoms with Gasteiger partial charge in [-0.25, -0.2) is 9.40 Å². The normalized spacial score (nSPS) is 14.4. The molecule has 0 N–H and O–H groups in total. The zero-order valence-corrected chi connectivity index (χ0v) is 15.7. The van der Waals surface area contributed by atoms with Gasteiger partial charge in [0.05, 0.1) is 19.0 Å². The molecule has 2 aromatic rings. The van der Waals surface area contributed by atoms with Crippen molar-refractivity contribution in [2.45, 2.75) is 26.3 Å². The highest BCUT2D eigenvalue weighted by molar-refractivity contribution is 6.04. The van der Waals surface area contributed by atoms with Crippen LogP contribution in [-0.4, -0.2) is 41.9 Å². The molecule has 142 valence electrons. The van der Waals surface area contributed by atoms with E-state index in [2.05, 4.69) is 5.10 Å². The molecule has 3 rings (SSSR count). The highest BCUT2D eigenvalue weighted by Gasteiger charge is 2.22. The zero-order chi connectivity index (χ0) is 19.2. The third-order valence-corrected chi connectivity index (χ3v) is 4.34. The fourth-order valence-electron chi connectivity index (χ4n) is 3.01. The maximum absolute atomic E-state index is 13.1. The molecule has 0 bridgehead atoms. The lowest BCUT2D eigenvalue weighted by molar-refractivity contribution is -0.133. The van der Waals surface area contributed by atoms with E-state index in [1.807, 2.05) is 43.1 Å². The van der Waals surface area contributed by atoms with Crippen LogP contribution in [0.5, 0.6) is 5.75 Å². The van der Waals surface area contributed by atoms with Gasteiger partial charge in [-0.15, -0.1) is 0 Å².